The van der Waals surface area contributed by atoms with Gasteiger partial charge in [0.05, 0.1) is 6.61 Å². The lowest BCUT2D eigenvalue weighted by Gasteiger charge is -2.21. The number of carbonyl (C=O) groups is 1. The number of esters is 1. The molecule has 0 bridgehead atoms. The highest BCUT2D eigenvalue weighted by Gasteiger charge is 2.31. The van der Waals surface area contributed by atoms with Gasteiger partial charge in [0.15, 0.2) is 0 Å². The third-order valence-electron chi connectivity index (χ3n) is 6.84. The molecule has 2 aromatic carbocycles. The monoisotopic (exact) mass is 577 g/mol. The third-order valence-corrected chi connectivity index (χ3v) is 8.40. The summed E-state index contributed by atoms with van der Waals surface area (Å²) in [6.07, 6.45) is 19.6. The first-order valence-corrected chi connectivity index (χ1v) is 17.6. The molecule has 0 aromatic heterocycles. The van der Waals surface area contributed by atoms with Crippen molar-refractivity contribution in [3.63, 3.8) is 0 Å². The molecule has 0 heterocycles. The van der Waals surface area contributed by atoms with Crippen LogP contribution in [0, 0.1) is 0 Å². The van der Waals surface area contributed by atoms with Gasteiger partial charge < -0.3 is 9.26 Å². The molecule has 218 valence electrons. The zero-order valence-corrected chi connectivity index (χ0v) is 25.5. The Bertz CT molecular complexity index is 928. The quantitative estimate of drug-likeness (QED) is 0.0808. The van der Waals surface area contributed by atoms with Crippen LogP contribution in [0.25, 0.3) is 0 Å². The standard InChI is InChI=1S/C32H49ClNO4P/c1-2-3-4-5-6-7-8-9-10-11-12-13-14-15-22-27-37-32(35)31(28-29-23-18-16-19-24-29)34-39(33,36)38-30-25-20-17-21-26-30/h16-21,23-26,31H,2-15,22,27-28H2,1H3,(H,34,36)/t31-,39?/m0/s1. The van der Waals surface area contributed by atoms with Gasteiger partial charge in [-0.1, -0.05) is 145 Å². The van der Waals surface area contributed by atoms with Crippen molar-refractivity contribution < 1.29 is 18.6 Å². The zero-order chi connectivity index (χ0) is 28.0. The normalized spacial score (nSPS) is 13.5. The number of carbonyl (C=O) groups excluding carboxylic acids is 1. The molecular formula is C32H49ClNO4P. The number of nitrogens with one attached hydrogen (secondary N) is 1. The predicted octanol–water partition coefficient (Wildman–Crippen LogP) is 10.0. The summed E-state index contributed by atoms with van der Waals surface area (Å²) in [4.78, 5) is 12.9. The Labute approximate surface area is 241 Å². The van der Waals surface area contributed by atoms with E-state index in [4.69, 9.17) is 20.5 Å². The van der Waals surface area contributed by atoms with Crippen LogP contribution in [0.5, 0.6) is 5.75 Å². The minimum atomic E-state index is -3.82. The minimum absolute atomic E-state index is 0.299. The van der Waals surface area contributed by atoms with Crippen molar-refractivity contribution in [3.8, 4) is 5.75 Å². The van der Waals surface area contributed by atoms with Gasteiger partial charge in [0.25, 0.3) is 0 Å². The molecule has 7 heteroatoms. The largest absolute Gasteiger partial charge is 0.465 e. The van der Waals surface area contributed by atoms with E-state index in [9.17, 15) is 9.36 Å². The van der Waals surface area contributed by atoms with E-state index in [0.717, 1.165) is 24.8 Å². The lowest BCUT2D eigenvalue weighted by molar-refractivity contribution is -0.145. The van der Waals surface area contributed by atoms with Crippen molar-refractivity contribution in [2.24, 2.45) is 0 Å². The fourth-order valence-electron chi connectivity index (χ4n) is 4.61. The molecule has 0 spiro atoms. The van der Waals surface area contributed by atoms with Gasteiger partial charge in [-0.05, 0) is 30.5 Å². The molecule has 0 aliphatic carbocycles. The van der Waals surface area contributed by atoms with Crippen LogP contribution >= 0.6 is 18.1 Å². The summed E-state index contributed by atoms with van der Waals surface area (Å²) in [5.41, 5.74) is 0.912. The van der Waals surface area contributed by atoms with Crippen molar-refractivity contribution >= 4 is 24.1 Å². The Morgan fingerprint density at radius 3 is 1.72 bits per heavy atom. The second-order valence-electron chi connectivity index (χ2n) is 10.4. The Morgan fingerprint density at radius 2 is 1.21 bits per heavy atom. The maximum atomic E-state index is 12.9. The van der Waals surface area contributed by atoms with E-state index in [1.54, 1.807) is 24.3 Å². The molecule has 1 N–H and O–H groups in total. The molecule has 0 fully saturated rings. The van der Waals surface area contributed by atoms with Crippen LogP contribution in [0.2, 0.25) is 0 Å². The number of ether oxygens (including phenoxy) is 1. The minimum Gasteiger partial charge on any atom is -0.465 e. The molecule has 2 rings (SSSR count). The Morgan fingerprint density at radius 1 is 0.744 bits per heavy atom. The van der Waals surface area contributed by atoms with Crippen LogP contribution in [0.3, 0.4) is 0 Å². The van der Waals surface area contributed by atoms with E-state index in [2.05, 4.69) is 12.0 Å². The lowest BCUT2D eigenvalue weighted by atomic mass is 10.0. The van der Waals surface area contributed by atoms with Crippen LogP contribution in [0.1, 0.15) is 109 Å². The summed E-state index contributed by atoms with van der Waals surface area (Å²) in [5, 5.41) is 2.72. The summed E-state index contributed by atoms with van der Waals surface area (Å²) < 4.78 is 23.9. The van der Waals surface area contributed by atoms with Crippen molar-refractivity contribution in [1.29, 1.82) is 0 Å². The van der Waals surface area contributed by atoms with Gasteiger partial charge in [0, 0.05) is 11.2 Å². The summed E-state index contributed by atoms with van der Waals surface area (Å²) in [5.74, 6) is -0.102. The molecule has 0 radical (unpaired) electrons. The van der Waals surface area contributed by atoms with Crippen molar-refractivity contribution in [3.05, 3.63) is 66.2 Å². The molecule has 2 atom stereocenters. The van der Waals surface area contributed by atoms with Gasteiger partial charge in [-0.15, -0.1) is 0 Å². The van der Waals surface area contributed by atoms with Gasteiger partial charge >= 0.3 is 12.8 Å². The molecule has 0 aliphatic rings. The molecule has 0 saturated heterocycles. The number of hydrogen-bond acceptors (Lipinski definition) is 4. The Balaban J connectivity index is 1.61. The molecule has 0 amide bonds. The summed E-state index contributed by atoms with van der Waals surface area (Å²) >= 11 is 6.19. The van der Waals surface area contributed by atoms with Gasteiger partial charge in [-0.2, -0.15) is 0 Å². The SMILES string of the molecule is CCCCCCCCCCCCCCCCCOC(=O)[C@H](Cc1ccccc1)NP(=O)(Cl)Oc1ccccc1. The molecule has 5 nitrogen and oxygen atoms in total. The number of halogens is 1. The first-order chi connectivity index (χ1) is 19.0. The lowest BCUT2D eigenvalue weighted by Crippen LogP contribution is -2.38. The van der Waals surface area contributed by atoms with E-state index in [0.29, 0.717) is 18.8 Å². The van der Waals surface area contributed by atoms with Crippen molar-refractivity contribution in [1.82, 2.24) is 5.09 Å². The van der Waals surface area contributed by atoms with E-state index >= 15 is 0 Å². The van der Waals surface area contributed by atoms with Gasteiger partial charge in [0.2, 0.25) is 0 Å². The topological polar surface area (TPSA) is 64.6 Å². The zero-order valence-electron chi connectivity index (χ0n) is 23.8. The summed E-state index contributed by atoms with van der Waals surface area (Å²) in [6, 6.07) is 17.3. The van der Waals surface area contributed by atoms with Gasteiger partial charge in [0.1, 0.15) is 11.8 Å². The number of para-hydroxylation sites is 1. The second-order valence-corrected chi connectivity index (χ2v) is 13.1. The smallest absolute Gasteiger partial charge is 0.409 e. The average Bonchev–Trinajstić information content (AvgIpc) is 2.93. The van der Waals surface area contributed by atoms with Crippen molar-refractivity contribution in [2.75, 3.05) is 6.61 Å². The van der Waals surface area contributed by atoms with E-state index in [1.165, 1.54) is 77.0 Å². The van der Waals surface area contributed by atoms with Crippen LogP contribution in [-0.4, -0.2) is 18.6 Å². The molecule has 39 heavy (non-hydrogen) atoms. The van der Waals surface area contributed by atoms with E-state index < -0.39 is 18.9 Å². The predicted molar refractivity (Wildman–Crippen MR) is 163 cm³/mol. The highest BCUT2D eigenvalue weighted by atomic mass is 35.7. The number of rotatable bonds is 23. The van der Waals surface area contributed by atoms with Crippen LogP contribution in [0.15, 0.2) is 60.7 Å². The van der Waals surface area contributed by atoms with E-state index in [-0.39, 0.29) is 0 Å². The second kappa shape index (κ2) is 21.0. The maximum absolute atomic E-state index is 12.9. The number of unbranched alkanes of at least 4 members (excludes halogenated alkanes) is 14. The van der Waals surface area contributed by atoms with E-state index in [1.807, 2.05) is 36.4 Å². The van der Waals surface area contributed by atoms with Crippen LogP contribution in [0.4, 0.5) is 0 Å². The number of benzene rings is 2. The molecule has 0 saturated carbocycles. The van der Waals surface area contributed by atoms with Crippen LogP contribution < -0.4 is 9.61 Å². The molecule has 0 aliphatic heterocycles. The summed E-state index contributed by atoms with van der Waals surface area (Å²) in [7, 11) is 0. The third kappa shape index (κ3) is 16.8. The number of hydrogen-bond donors (Lipinski definition) is 1. The average molecular weight is 578 g/mol. The van der Waals surface area contributed by atoms with Crippen molar-refractivity contribution in [2.45, 2.75) is 116 Å². The molecular weight excluding hydrogens is 529 g/mol. The Kier molecular flexibility index (Phi) is 18.0. The Hall–Kier alpha value is -1.81. The van der Waals surface area contributed by atoms with Gasteiger partial charge in [-0.3, -0.25) is 4.79 Å². The first kappa shape index (κ1) is 33.4. The highest BCUT2D eigenvalue weighted by Crippen LogP contribution is 2.48. The molecule has 2 aromatic rings. The molecule has 1 unspecified atom stereocenters. The highest BCUT2D eigenvalue weighted by molar-refractivity contribution is 7.84. The van der Waals surface area contributed by atoms with Crippen LogP contribution in [-0.2, 0) is 20.5 Å². The fraction of sp³-hybridized carbons (Fsp3) is 0.594. The fourth-order valence-corrected chi connectivity index (χ4v) is 6.21. The van der Waals surface area contributed by atoms with Gasteiger partial charge in [-0.25, -0.2) is 9.65 Å². The summed E-state index contributed by atoms with van der Waals surface area (Å²) in [6.45, 7) is -1.21. The first-order valence-electron chi connectivity index (χ1n) is 15.0. The maximum Gasteiger partial charge on any atom is 0.409 e.